The fourth-order valence-corrected chi connectivity index (χ4v) is 3.17. The molecule has 2 aromatic rings. The van der Waals surface area contributed by atoms with Crippen molar-refractivity contribution in [1.29, 1.82) is 0 Å². The van der Waals surface area contributed by atoms with Gasteiger partial charge in [0.15, 0.2) is 0 Å². The Morgan fingerprint density at radius 1 is 1.27 bits per heavy atom. The number of carbonyl (C=O) groups is 2. The normalized spacial score (nSPS) is 14.8. The van der Waals surface area contributed by atoms with Crippen molar-refractivity contribution >= 4 is 22.9 Å². The SMILES string of the molecule is CC(C)CC(CO)NC(=O)C(C)(Cc1c[nH]c2ccccc12)NC(=O)O. The molecule has 2 rings (SSSR count). The standard InChI is InChI=1S/C19H27N3O4/c1-12(2)8-14(11-23)21-17(24)19(3,22-18(25)26)9-13-10-20-16-7-5-4-6-15(13)16/h4-7,10,12,14,20,22-23H,8-9,11H2,1-3H3,(H,21,24)(H,25,26). The lowest BCUT2D eigenvalue weighted by molar-refractivity contribution is -0.128. The molecule has 0 aliphatic heterocycles. The Hall–Kier alpha value is -2.54. The van der Waals surface area contributed by atoms with E-state index >= 15 is 0 Å². The molecule has 0 fully saturated rings. The molecular weight excluding hydrogens is 334 g/mol. The van der Waals surface area contributed by atoms with Crippen LogP contribution < -0.4 is 10.6 Å². The third kappa shape index (κ3) is 4.76. The average molecular weight is 361 g/mol. The Morgan fingerprint density at radius 3 is 2.58 bits per heavy atom. The van der Waals surface area contributed by atoms with E-state index in [-0.39, 0.29) is 13.0 Å². The van der Waals surface area contributed by atoms with Crippen molar-refractivity contribution in [1.82, 2.24) is 15.6 Å². The summed E-state index contributed by atoms with van der Waals surface area (Å²) in [6, 6.07) is 7.23. The number of benzene rings is 1. The summed E-state index contributed by atoms with van der Waals surface area (Å²) in [4.78, 5) is 27.3. The van der Waals surface area contributed by atoms with Crippen molar-refractivity contribution in [3.05, 3.63) is 36.0 Å². The van der Waals surface area contributed by atoms with Crippen LogP contribution in [0.1, 0.15) is 32.8 Å². The summed E-state index contributed by atoms with van der Waals surface area (Å²) in [5.41, 5.74) is 0.409. The van der Waals surface area contributed by atoms with Crippen molar-refractivity contribution in [2.75, 3.05) is 6.61 Å². The van der Waals surface area contributed by atoms with Crippen molar-refractivity contribution in [2.24, 2.45) is 5.92 Å². The number of carboxylic acid groups (broad SMARTS) is 1. The highest BCUT2D eigenvalue weighted by Crippen LogP contribution is 2.23. The fourth-order valence-electron chi connectivity index (χ4n) is 3.17. The number of amides is 2. The number of aliphatic hydroxyl groups excluding tert-OH is 1. The summed E-state index contributed by atoms with van der Waals surface area (Å²) in [6.07, 6.45) is 1.32. The van der Waals surface area contributed by atoms with E-state index in [2.05, 4.69) is 15.6 Å². The molecule has 26 heavy (non-hydrogen) atoms. The third-order valence-electron chi connectivity index (χ3n) is 4.41. The van der Waals surface area contributed by atoms with Gasteiger partial charge in [-0.15, -0.1) is 0 Å². The summed E-state index contributed by atoms with van der Waals surface area (Å²) in [5, 5.41) is 24.8. The summed E-state index contributed by atoms with van der Waals surface area (Å²) in [5.74, 6) is -0.162. The number of hydrogen-bond acceptors (Lipinski definition) is 3. The van der Waals surface area contributed by atoms with E-state index in [9.17, 15) is 19.8 Å². The summed E-state index contributed by atoms with van der Waals surface area (Å²) >= 11 is 0. The molecular formula is C19H27N3O4. The second-order valence-corrected chi connectivity index (χ2v) is 7.28. The minimum atomic E-state index is -1.36. The molecule has 142 valence electrons. The highest BCUT2D eigenvalue weighted by atomic mass is 16.4. The maximum atomic E-state index is 12.9. The monoisotopic (exact) mass is 361 g/mol. The van der Waals surface area contributed by atoms with Crippen LogP contribution in [0.3, 0.4) is 0 Å². The number of hydrogen-bond donors (Lipinski definition) is 5. The van der Waals surface area contributed by atoms with E-state index in [0.717, 1.165) is 16.5 Å². The molecule has 1 aromatic heterocycles. The Balaban J connectivity index is 2.26. The zero-order valence-electron chi connectivity index (χ0n) is 15.4. The number of H-pyrrole nitrogens is 1. The molecule has 7 nitrogen and oxygen atoms in total. The van der Waals surface area contributed by atoms with E-state index in [1.165, 1.54) is 0 Å². The van der Waals surface area contributed by atoms with Gasteiger partial charge in [0, 0.05) is 23.5 Å². The molecule has 2 atom stereocenters. The summed E-state index contributed by atoms with van der Waals surface area (Å²) < 4.78 is 0. The van der Waals surface area contributed by atoms with Gasteiger partial charge in [0.05, 0.1) is 12.6 Å². The molecule has 1 heterocycles. The van der Waals surface area contributed by atoms with Crippen molar-refractivity contribution in [3.63, 3.8) is 0 Å². The highest BCUT2D eigenvalue weighted by Gasteiger charge is 2.37. The van der Waals surface area contributed by atoms with Gasteiger partial charge in [-0.25, -0.2) is 4.79 Å². The van der Waals surface area contributed by atoms with Crippen LogP contribution in [-0.4, -0.2) is 45.4 Å². The van der Waals surface area contributed by atoms with Gasteiger partial charge in [-0.05, 0) is 30.9 Å². The molecule has 2 amide bonds. The first kappa shape index (κ1) is 19.8. The minimum Gasteiger partial charge on any atom is -0.465 e. The molecule has 0 aliphatic carbocycles. The van der Waals surface area contributed by atoms with Crippen LogP contribution in [0, 0.1) is 5.92 Å². The van der Waals surface area contributed by atoms with E-state index < -0.39 is 23.6 Å². The Kier molecular flexibility index (Phi) is 6.26. The first-order chi connectivity index (χ1) is 12.2. The first-order valence-electron chi connectivity index (χ1n) is 8.73. The van der Waals surface area contributed by atoms with Gasteiger partial charge in [0.1, 0.15) is 5.54 Å². The lowest BCUT2D eigenvalue weighted by Crippen LogP contribution is -2.60. The topological polar surface area (TPSA) is 114 Å². The lowest BCUT2D eigenvalue weighted by Gasteiger charge is -2.30. The molecule has 7 heteroatoms. The molecule has 1 aromatic carbocycles. The predicted molar refractivity (Wildman–Crippen MR) is 100 cm³/mol. The van der Waals surface area contributed by atoms with Gasteiger partial charge < -0.3 is 25.8 Å². The number of nitrogens with one attached hydrogen (secondary N) is 3. The van der Waals surface area contributed by atoms with E-state index in [0.29, 0.717) is 12.3 Å². The van der Waals surface area contributed by atoms with E-state index in [4.69, 9.17) is 0 Å². The fraction of sp³-hybridized carbons (Fsp3) is 0.474. The quantitative estimate of drug-likeness (QED) is 0.496. The number of aliphatic hydroxyl groups is 1. The number of fused-ring (bicyclic) bond motifs is 1. The van der Waals surface area contributed by atoms with Gasteiger partial charge in [-0.3, -0.25) is 4.79 Å². The van der Waals surface area contributed by atoms with Crippen LogP contribution in [0.15, 0.2) is 30.5 Å². The maximum absolute atomic E-state index is 12.9. The predicted octanol–water partition coefficient (Wildman–Crippen LogP) is 2.26. The molecule has 0 bridgehead atoms. The van der Waals surface area contributed by atoms with Gasteiger partial charge in [-0.1, -0.05) is 32.0 Å². The van der Waals surface area contributed by atoms with Crippen LogP contribution >= 0.6 is 0 Å². The van der Waals surface area contributed by atoms with Gasteiger partial charge >= 0.3 is 6.09 Å². The van der Waals surface area contributed by atoms with E-state index in [1.807, 2.05) is 38.1 Å². The van der Waals surface area contributed by atoms with Crippen LogP contribution in [0.4, 0.5) is 4.79 Å². The largest absolute Gasteiger partial charge is 0.465 e. The Bertz CT molecular complexity index is 771. The Morgan fingerprint density at radius 2 is 1.96 bits per heavy atom. The van der Waals surface area contributed by atoms with Crippen LogP contribution in [-0.2, 0) is 11.2 Å². The van der Waals surface area contributed by atoms with Gasteiger partial charge in [-0.2, -0.15) is 0 Å². The zero-order valence-corrected chi connectivity index (χ0v) is 15.4. The summed E-state index contributed by atoms with van der Waals surface area (Å²) in [7, 11) is 0. The van der Waals surface area contributed by atoms with Crippen molar-refractivity contribution in [3.8, 4) is 0 Å². The third-order valence-corrected chi connectivity index (χ3v) is 4.41. The van der Waals surface area contributed by atoms with Crippen LogP contribution in [0.25, 0.3) is 10.9 Å². The van der Waals surface area contributed by atoms with Crippen molar-refractivity contribution < 1.29 is 19.8 Å². The van der Waals surface area contributed by atoms with Gasteiger partial charge in [0.25, 0.3) is 0 Å². The molecule has 0 saturated heterocycles. The molecule has 5 N–H and O–H groups in total. The Labute approximate surface area is 152 Å². The molecule has 0 spiro atoms. The number of rotatable bonds is 8. The van der Waals surface area contributed by atoms with Crippen LogP contribution in [0.2, 0.25) is 0 Å². The first-order valence-corrected chi connectivity index (χ1v) is 8.73. The molecule has 0 radical (unpaired) electrons. The average Bonchev–Trinajstić information content (AvgIpc) is 2.96. The van der Waals surface area contributed by atoms with Crippen LogP contribution in [0.5, 0.6) is 0 Å². The maximum Gasteiger partial charge on any atom is 0.405 e. The van der Waals surface area contributed by atoms with E-state index in [1.54, 1.807) is 13.1 Å². The number of aromatic amines is 1. The minimum absolute atomic E-state index is 0.189. The number of aromatic nitrogens is 1. The molecule has 0 saturated carbocycles. The second-order valence-electron chi connectivity index (χ2n) is 7.28. The smallest absolute Gasteiger partial charge is 0.405 e. The zero-order chi connectivity index (χ0) is 19.3. The lowest BCUT2D eigenvalue weighted by atomic mass is 9.90. The molecule has 0 aliphatic rings. The highest BCUT2D eigenvalue weighted by molar-refractivity contribution is 5.91. The van der Waals surface area contributed by atoms with Crippen molar-refractivity contribution in [2.45, 2.75) is 45.2 Å². The number of carbonyl (C=O) groups excluding carboxylic acids is 1. The molecule has 2 unspecified atom stereocenters. The summed E-state index contributed by atoms with van der Waals surface area (Å²) in [6.45, 7) is 5.35. The van der Waals surface area contributed by atoms with Gasteiger partial charge in [0.2, 0.25) is 5.91 Å². The second kappa shape index (κ2) is 8.23. The number of para-hydroxylation sites is 1.